The van der Waals surface area contributed by atoms with Crippen molar-refractivity contribution in [3.05, 3.63) is 82.0 Å². The van der Waals surface area contributed by atoms with E-state index >= 15 is 0 Å². The molecular weight excluding hydrogens is 466 g/mol. The Bertz CT molecular complexity index is 1310. The molecule has 0 bridgehead atoms. The topological polar surface area (TPSA) is 95.2 Å². The van der Waals surface area contributed by atoms with Gasteiger partial charge in [-0.3, -0.25) is 0 Å². The molecule has 0 N–H and O–H groups in total. The Hall–Kier alpha value is -3.07. The van der Waals surface area contributed by atoms with Crippen LogP contribution in [0.1, 0.15) is 0 Å². The summed E-state index contributed by atoms with van der Waals surface area (Å²) in [6.45, 7) is 0. The van der Waals surface area contributed by atoms with Gasteiger partial charge in [-0.1, -0.05) is 0 Å². The maximum atomic E-state index is 13.8. The van der Waals surface area contributed by atoms with E-state index < -0.39 is 78.4 Å². The normalized spacial score (nSPS) is 12.3. The molecule has 0 fully saturated rings. The Morgan fingerprint density at radius 1 is 0.567 bits per heavy atom. The van der Waals surface area contributed by atoms with Crippen LogP contribution in [0, 0.1) is 34.9 Å². The van der Waals surface area contributed by atoms with Gasteiger partial charge in [-0.2, -0.15) is 7.94 Å². The molecule has 7 nitrogen and oxygen atoms in total. The molecule has 0 atom stereocenters. The van der Waals surface area contributed by atoms with Crippen molar-refractivity contribution in [3.8, 4) is 0 Å². The van der Waals surface area contributed by atoms with Crippen LogP contribution < -0.4 is 5.69 Å². The van der Waals surface area contributed by atoms with Gasteiger partial charge in [-0.25, -0.2) is 48.0 Å². The molecule has 3 rings (SSSR count). The average Bonchev–Trinajstić information content (AvgIpc) is 2.95. The maximum Gasteiger partial charge on any atom is 0.356 e. The standard InChI is InChI=1S/C15H6F6N2O5S2/c16-7-3-9(18)13(10(19)4-7)29(25,26)22-1-2-23(15(22)24)30(27,28)14-11(20)5-8(17)6-12(14)21/h1-6H. The van der Waals surface area contributed by atoms with Crippen LogP contribution in [-0.2, 0) is 20.0 Å². The predicted octanol–water partition coefficient (Wildman–Crippen LogP) is 1.96. The fraction of sp³-hybridized carbons (Fsp3) is 0. The minimum Gasteiger partial charge on any atom is -0.245 e. The highest BCUT2D eigenvalue weighted by Crippen LogP contribution is 2.24. The van der Waals surface area contributed by atoms with Gasteiger partial charge in [-0.05, 0) is 0 Å². The first-order valence-corrected chi connectivity index (χ1v) is 10.3. The zero-order chi connectivity index (χ0) is 22.6. The highest BCUT2D eigenvalue weighted by Gasteiger charge is 2.33. The van der Waals surface area contributed by atoms with Gasteiger partial charge < -0.3 is 0 Å². The van der Waals surface area contributed by atoms with Gasteiger partial charge in [0.05, 0.1) is 0 Å². The number of hydrogen-bond acceptors (Lipinski definition) is 5. The summed E-state index contributed by atoms with van der Waals surface area (Å²) < 4.78 is 130. The quantitative estimate of drug-likeness (QED) is 0.541. The van der Waals surface area contributed by atoms with Gasteiger partial charge in [0.25, 0.3) is 20.0 Å². The molecule has 0 aliphatic heterocycles. The number of rotatable bonds is 4. The Labute approximate surface area is 163 Å². The van der Waals surface area contributed by atoms with Crippen molar-refractivity contribution in [2.24, 2.45) is 0 Å². The van der Waals surface area contributed by atoms with Crippen LogP contribution in [0.2, 0.25) is 0 Å². The third kappa shape index (κ3) is 3.28. The van der Waals surface area contributed by atoms with Gasteiger partial charge >= 0.3 is 5.69 Å². The molecule has 0 radical (unpaired) electrons. The molecule has 0 aliphatic rings. The van der Waals surface area contributed by atoms with E-state index in [-0.39, 0.29) is 36.7 Å². The Morgan fingerprint density at radius 3 is 1.10 bits per heavy atom. The second-order valence-corrected chi connectivity index (χ2v) is 9.08. The largest absolute Gasteiger partial charge is 0.356 e. The van der Waals surface area contributed by atoms with Crippen LogP contribution in [-0.4, -0.2) is 24.8 Å². The molecule has 0 saturated carbocycles. The number of nitrogens with zero attached hydrogens (tertiary/aromatic N) is 2. The van der Waals surface area contributed by atoms with E-state index in [1.807, 2.05) is 0 Å². The molecule has 1 heterocycles. The van der Waals surface area contributed by atoms with Gasteiger partial charge in [0.15, 0.2) is 9.79 Å². The minimum atomic E-state index is -5.44. The van der Waals surface area contributed by atoms with Gasteiger partial charge in [0.2, 0.25) is 0 Å². The van der Waals surface area contributed by atoms with E-state index in [0.29, 0.717) is 0 Å². The van der Waals surface area contributed by atoms with E-state index in [1.165, 1.54) is 0 Å². The molecule has 30 heavy (non-hydrogen) atoms. The van der Waals surface area contributed by atoms with Gasteiger partial charge in [0.1, 0.15) is 34.9 Å². The predicted molar refractivity (Wildman–Crippen MR) is 86.5 cm³/mol. The summed E-state index contributed by atoms with van der Waals surface area (Å²) >= 11 is 0. The zero-order valence-corrected chi connectivity index (χ0v) is 15.6. The van der Waals surface area contributed by atoms with Crippen molar-refractivity contribution in [1.29, 1.82) is 0 Å². The summed E-state index contributed by atoms with van der Waals surface area (Å²) in [5, 5.41) is 0. The monoisotopic (exact) mass is 472 g/mol. The molecule has 160 valence electrons. The molecule has 0 saturated heterocycles. The first kappa shape index (κ1) is 21.6. The van der Waals surface area contributed by atoms with Crippen LogP contribution in [0.15, 0.2) is 51.2 Å². The summed E-state index contributed by atoms with van der Waals surface area (Å²) in [6.07, 6.45) is 0.466. The molecule has 15 heteroatoms. The Morgan fingerprint density at radius 2 is 0.833 bits per heavy atom. The summed E-state index contributed by atoms with van der Waals surface area (Å²) in [5.41, 5.74) is -2.01. The fourth-order valence-corrected chi connectivity index (χ4v) is 5.14. The highest BCUT2D eigenvalue weighted by molar-refractivity contribution is 7.90. The fourth-order valence-electron chi connectivity index (χ4n) is 2.46. The van der Waals surface area contributed by atoms with Crippen molar-refractivity contribution in [2.45, 2.75) is 9.79 Å². The Balaban J connectivity index is 2.25. The van der Waals surface area contributed by atoms with Crippen LogP contribution in [0.3, 0.4) is 0 Å². The van der Waals surface area contributed by atoms with Crippen molar-refractivity contribution in [3.63, 3.8) is 0 Å². The lowest BCUT2D eigenvalue weighted by Gasteiger charge is -2.08. The van der Waals surface area contributed by atoms with Crippen molar-refractivity contribution < 1.29 is 43.2 Å². The van der Waals surface area contributed by atoms with E-state index in [2.05, 4.69) is 0 Å². The lowest BCUT2D eigenvalue weighted by molar-refractivity contribution is 0.494. The Kier molecular flexibility index (Phi) is 5.06. The summed E-state index contributed by atoms with van der Waals surface area (Å²) in [5.74, 6) is -10.6. The van der Waals surface area contributed by atoms with E-state index in [4.69, 9.17) is 0 Å². The smallest absolute Gasteiger partial charge is 0.245 e. The number of hydrogen-bond donors (Lipinski definition) is 0. The molecule has 0 spiro atoms. The lowest BCUT2D eigenvalue weighted by atomic mass is 10.3. The van der Waals surface area contributed by atoms with E-state index in [0.717, 1.165) is 0 Å². The molecule has 0 unspecified atom stereocenters. The van der Waals surface area contributed by atoms with Crippen molar-refractivity contribution >= 4 is 20.0 Å². The number of aromatic nitrogens is 2. The summed E-state index contributed by atoms with van der Waals surface area (Å²) in [7, 11) is -10.9. The minimum absolute atomic E-state index is 0.00198. The van der Waals surface area contributed by atoms with Crippen molar-refractivity contribution in [1.82, 2.24) is 7.94 Å². The number of halogens is 6. The van der Waals surface area contributed by atoms with Crippen molar-refractivity contribution in [2.75, 3.05) is 0 Å². The summed E-state index contributed by atoms with van der Waals surface area (Å²) in [4.78, 5) is 8.76. The van der Waals surface area contributed by atoms with Gasteiger partial charge in [0, 0.05) is 36.7 Å². The molecule has 1 aromatic heterocycles. The molecule has 0 aliphatic carbocycles. The lowest BCUT2D eigenvalue weighted by Crippen LogP contribution is -2.34. The average molecular weight is 472 g/mol. The molecule has 2 aromatic carbocycles. The number of benzene rings is 2. The first-order chi connectivity index (χ1) is 13.8. The summed E-state index contributed by atoms with van der Waals surface area (Å²) in [6, 6.07) is -0.00792. The van der Waals surface area contributed by atoms with E-state index in [1.54, 1.807) is 0 Å². The van der Waals surface area contributed by atoms with Crippen LogP contribution in [0.5, 0.6) is 0 Å². The zero-order valence-electron chi connectivity index (χ0n) is 14.0. The second kappa shape index (κ2) is 7.02. The maximum absolute atomic E-state index is 13.8. The molecule has 0 amide bonds. The third-order valence-corrected chi connectivity index (χ3v) is 7.08. The van der Waals surface area contributed by atoms with Crippen LogP contribution in [0.25, 0.3) is 0 Å². The SMILES string of the molecule is O=c1n(S(=O)(=O)c2c(F)cc(F)cc2F)ccn1S(=O)(=O)c1c(F)cc(F)cc1F. The first-order valence-electron chi connectivity index (χ1n) is 7.38. The third-order valence-electron chi connectivity index (χ3n) is 3.67. The van der Waals surface area contributed by atoms with Crippen LogP contribution >= 0.6 is 0 Å². The van der Waals surface area contributed by atoms with E-state index in [9.17, 15) is 48.0 Å². The van der Waals surface area contributed by atoms with Gasteiger partial charge in [-0.15, -0.1) is 0 Å². The molecular formula is C15H6F6N2O5S2. The number of imidazole rings is 1. The van der Waals surface area contributed by atoms with Crippen LogP contribution in [0.4, 0.5) is 26.3 Å². The second-order valence-electron chi connectivity index (χ2n) is 5.58. The molecule has 3 aromatic rings. The highest BCUT2D eigenvalue weighted by atomic mass is 32.2.